The number of rotatable bonds is 6. The Kier molecular flexibility index (Phi) is 5.87. The molecule has 0 amide bonds. The fraction of sp³-hybridized carbons (Fsp3) is 0.294. The summed E-state index contributed by atoms with van der Waals surface area (Å²) in [7, 11) is 3.38. The molecule has 0 spiro atoms. The van der Waals surface area contributed by atoms with Crippen LogP contribution in [0.25, 0.3) is 0 Å². The molecule has 0 aliphatic carbocycles. The summed E-state index contributed by atoms with van der Waals surface area (Å²) in [5, 5.41) is 3.52. The zero-order chi connectivity index (χ0) is 15.2. The summed E-state index contributed by atoms with van der Waals surface area (Å²) in [6.07, 6.45) is 0. The van der Waals surface area contributed by atoms with Crippen molar-refractivity contribution in [1.82, 2.24) is 0 Å². The molecular weight excluding hydrogens is 377 g/mol. The lowest BCUT2D eigenvalue weighted by Crippen LogP contribution is -2.07. The zero-order valence-electron chi connectivity index (χ0n) is 12.5. The highest BCUT2D eigenvalue weighted by molar-refractivity contribution is 14.1. The van der Waals surface area contributed by atoms with Gasteiger partial charge in [-0.3, -0.25) is 0 Å². The molecule has 0 aliphatic rings. The number of hydrogen-bond donors (Lipinski definition) is 1. The standard InChI is InChI=1S/C17H20INO2/c1-12(19-16-6-4-5-15(18)10-16)13-7-8-17(21-3)14(9-13)11-20-2/h4-10,12,19H,11H2,1-3H3. The Hall–Kier alpha value is -1.27. The van der Waals surface area contributed by atoms with Crippen LogP contribution in [0, 0.1) is 3.57 Å². The van der Waals surface area contributed by atoms with Crippen molar-refractivity contribution in [3.63, 3.8) is 0 Å². The molecule has 0 bridgehead atoms. The zero-order valence-corrected chi connectivity index (χ0v) is 14.7. The largest absolute Gasteiger partial charge is 0.496 e. The Morgan fingerprint density at radius 1 is 1.14 bits per heavy atom. The number of nitrogens with one attached hydrogen (secondary N) is 1. The highest BCUT2D eigenvalue weighted by Gasteiger charge is 2.10. The molecule has 0 fully saturated rings. The second-order valence-electron chi connectivity index (χ2n) is 4.88. The van der Waals surface area contributed by atoms with Gasteiger partial charge < -0.3 is 14.8 Å². The van der Waals surface area contributed by atoms with E-state index in [0.29, 0.717) is 6.61 Å². The predicted octanol–water partition coefficient (Wildman–Crippen LogP) is 4.62. The number of benzene rings is 2. The first-order chi connectivity index (χ1) is 10.1. The molecule has 0 aromatic heterocycles. The van der Waals surface area contributed by atoms with Crippen molar-refractivity contribution >= 4 is 28.3 Å². The predicted molar refractivity (Wildman–Crippen MR) is 94.9 cm³/mol. The fourth-order valence-corrected chi connectivity index (χ4v) is 2.79. The van der Waals surface area contributed by atoms with E-state index in [4.69, 9.17) is 9.47 Å². The Labute approximate surface area is 139 Å². The highest BCUT2D eigenvalue weighted by Crippen LogP contribution is 2.26. The van der Waals surface area contributed by atoms with Crippen LogP contribution < -0.4 is 10.1 Å². The van der Waals surface area contributed by atoms with Gasteiger partial charge in [0, 0.05) is 28.0 Å². The van der Waals surface area contributed by atoms with Gasteiger partial charge in [-0.15, -0.1) is 0 Å². The van der Waals surface area contributed by atoms with Gasteiger partial charge in [0.1, 0.15) is 5.75 Å². The van der Waals surface area contributed by atoms with Crippen LogP contribution in [0.3, 0.4) is 0 Å². The number of halogens is 1. The van der Waals surface area contributed by atoms with Crippen LogP contribution in [0.2, 0.25) is 0 Å². The van der Waals surface area contributed by atoms with Crippen molar-refractivity contribution in [2.24, 2.45) is 0 Å². The van der Waals surface area contributed by atoms with E-state index in [-0.39, 0.29) is 6.04 Å². The van der Waals surface area contributed by atoms with Crippen molar-refractivity contribution in [3.05, 3.63) is 57.2 Å². The van der Waals surface area contributed by atoms with E-state index >= 15 is 0 Å². The molecule has 0 radical (unpaired) electrons. The van der Waals surface area contributed by atoms with Gasteiger partial charge >= 0.3 is 0 Å². The summed E-state index contributed by atoms with van der Waals surface area (Å²) >= 11 is 2.32. The minimum absolute atomic E-state index is 0.213. The average Bonchev–Trinajstić information content (AvgIpc) is 2.47. The molecule has 0 heterocycles. The summed E-state index contributed by atoms with van der Waals surface area (Å²) in [5.74, 6) is 0.863. The first-order valence-corrected chi connectivity index (χ1v) is 7.89. The van der Waals surface area contributed by atoms with E-state index in [2.05, 4.69) is 71.2 Å². The third-order valence-corrected chi connectivity index (χ3v) is 3.98. The maximum Gasteiger partial charge on any atom is 0.124 e. The Bertz CT molecular complexity index is 601. The molecule has 2 rings (SSSR count). The van der Waals surface area contributed by atoms with Crippen LogP contribution in [0.1, 0.15) is 24.1 Å². The molecule has 2 aromatic rings. The maximum absolute atomic E-state index is 5.37. The molecule has 1 N–H and O–H groups in total. The summed E-state index contributed by atoms with van der Waals surface area (Å²) in [5.41, 5.74) is 3.40. The Balaban J connectivity index is 2.18. The van der Waals surface area contributed by atoms with Crippen LogP contribution in [0.15, 0.2) is 42.5 Å². The molecule has 4 heteroatoms. The minimum atomic E-state index is 0.213. The second kappa shape index (κ2) is 7.66. The van der Waals surface area contributed by atoms with Crippen LogP contribution in [-0.2, 0) is 11.3 Å². The van der Waals surface area contributed by atoms with Crippen molar-refractivity contribution in [2.75, 3.05) is 19.5 Å². The van der Waals surface area contributed by atoms with Crippen molar-refractivity contribution in [3.8, 4) is 5.75 Å². The lowest BCUT2D eigenvalue weighted by Gasteiger charge is -2.18. The number of ether oxygens (including phenoxy) is 2. The van der Waals surface area contributed by atoms with Gasteiger partial charge in [-0.1, -0.05) is 12.1 Å². The van der Waals surface area contributed by atoms with Crippen LogP contribution in [0.5, 0.6) is 5.75 Å². The molecule has 0 aliphatic heterocycles. The van der Waals surface area contributed by atoms with Crippen molar-refractivity contribution in [2.45, 2.75) is 19.6 Å². The minimum Gasteiger partial charge on any atom is -0.496 e. The van der Waals surface area contributed by atoms with Crippen LogP contribution >= 0.6 is 22.6 Å². The fourth-order valence-electron chi connectivity index (χ4n) is 2.25. The maximum atomic E-state index is 5.37. The van der Waals surface area contributed by atoms with Gasteiger partial charge in [0.15, 0.2) is 0 Å². The molecular formula is C17H20INO2. The third kappa shape index (κ3) is 4.35. The van der Waals surface area contributed by atoms with E-state index < -0.39 is 0 Å². The van der Waals surface area contributed by atoms with Gasteiger partial charge in [0.25, 0.3) is 0 Å². The van der Waals surface area contributed by atoms with Crippen molar-refractivity contribution in [1.29, 1.82) is 0 Å². The number of anilines is 1. The first-order valence-electron chi connectivity index (χ1n) is 6.82. The van der Waals surface area contributed by atoms with E-state index in [1.54, 1.807) is 14.2 Å². The first kappa shape index (κ1) is 16.1. The SMILES string of the molecule is COCc1cc(C(C)Nc2cccc(I)c2)ccc1OC. The molecule has 3 nitrogen and oxygen atoms in total. The van der Waals surface area contributed by atoms with Gasteiger partial charge in [-0.25, -0.2) is 0 Å². The van der Waals surface area contributed by atoms with Crippen molar-refractivity contribution < 1.29 is 9.47 Å². The van der Waals surface area contributed by atoms with E-state index in [0.717, 1.165) is 17.0 Å². The molecule has 21 heavy (non-hydrogen) atoms. The smallest absolute Gasteiger partial charge is 0.124 e. The quantitative estimate of drug-likeness (QED) is 0.722. The topological polar surface area (TPSA) is 30.5 Å². The van der Waals surface area contributed by atoms with E-state index in [9.17, 15) is 0 Å². The summed E-state index contributed by atoms with van der Waals surface area (Å²) in [6.45, 7) is 2.70. The normalized spacial score (nSPS) is 12.0. The monoisotopic (exact) mass is 397 g/mol. The molecule has 112 valence electrons. The van der Waals surface area contributed by atoms with Crippen LogP contribution in [0.4, 0.5) is 5.69 Å². The molecule has 1 unspecified atom stereocenters. The molecule has 0 saturated heterocycles. The lowest BCUT2D eigenvalue weighted by molar-refractivity contribution is 0.181. The average molecular weight is 397 g/mol. The summed E-state index contributed by atoms with van der Waals surface area (Å²) in [4.78, 5) is 0. The third-order valence-electron chi connectivity index (χ3n) is 3.31. The summed E-state index contributed by atoms with van der Waals surface area (Å²) < 4.78 is 11.8. The summed E-state index contributed by atoms with van der Waals surface area (Å²) in [6, 6.07) is 14.8. The van der Waals surface area contributed by atoms with E-state index in [1.165, 1.54) is 9.13 Å². The lowest BCUT2D eigenvalue weighted by atomic mass is 10.0. The Morgan fingerprint density at radius 2 is 1.95 bits per heavy atom. The molecule has 0 saturated carbocycles. The van der Waals surface area contributed by atoms with Gasteiger partial charge in [-0.2, -0.15) is 0 Å². The molecule has 2 aromatic carbocycles. The second-order valence-corrected chi connectivity index (χ2v) is 6.13. The van der Waals surface area contributed by atoms with Gasteiger partial charge in [0.2, 0.25) is 0 Å². The van der Waals surface area contributed by atoms with E-state index in [1.807, 2.05) is 6.07 Å². The highest BCUT2D eigenvalue weighted by atomic mass is 127. The van der Waals surface area contributed by atoms with Gasteiger partial charge in [-0.05, 0) is 65.4 Å². The van der Waals surface area contributed by atoms with Gasteiger partial charge in [0.05, 0.1) is 13.7 Å². The Morgan fingerprint density at radius 3 is 2.62 bits per heavy atom. The molecule has 1 atom stereocenters. The number of hydrogen-bond acceptors (Lipinski definition) is 3. The number of methoxy groups -OCH3 is 2. The van der Waals surface area contributed by atoms with Crippen LogP contribution in [-0.4, -0.2) is 14.2 Å².